The van der Waals surface area contributed by atoms with E-state index in [2.05, 4.69) is 24.2 Å². The zero-order chi connectivity index (χ0) is 13.5. The summed E-state index contributed by atoms with van der Waals surface area (Å²) in [5, 5.41) is 3.66. The lowest BCUT2D eigenvalue weighted by Gasteiger charge is -2.34. The van der Waals surface area contributed by atoms with Crippen molar-refractivity contribution in [3.8, 4) is 0 Å². The molecule has 0 aromatic carbocycles. The van der Waals surface area contributed by atoms with Gasteiger partial charge in [0.1, 0.15) is 5.76 Å². The first kappa shape index (κ1) is 14.6. The zero-order valence-corrected chi connectivity index (χ0v) is 12.1. The van der Waals surface area contributed by atoms with E-state index in [9.17, 15) is 0 Å². The minimum Gasteiger partial charge on any atom is -0.468 e. The Morgan fingerprint density at radius 2 is 2.37 bits per heavy atom. The first-order valence-electron chi connectivity index (χ1n) is 7.31. The quantitative estimate of drug-likeness (QED) is 0.820. The summed E-state index contributed by atoms with van der Waals surface area (Å²) < 4.78 is 11.0. The van der Waals surface area contributed by atoms with Crippen LogP contribution in [0.2, 0.25) is 0 Å². The predicted octanol–water partition coefficient (Wildman–Crippen LogP) is 2.12. The SMILES string of the molecule is CCCNC1CCOCC1CN(C)Cc1ccco1. The van der Waals surface area contributed by atoms with E-state index in [4.69, 9.17) is 9.15 Å². The lowest BCUT2D eigenvalue weighted by Crippen LogP contribution is -2.47. The van der Waals surface area contributed by atoms with Crippen molar-refractivity contribution in [2.75, 3.05) is 33.4 Å². The molecule has 1 aromatic rings. The average Bonchev–Trinajstić information content (AvgIpc) is 2.90. The maximum atomic E-state index is 5.64. The molecular formula is C15H26N2O2. The van der Waals surface area contributed by atoms with Gasteiger partial charge < -0.3 is 14.5 Å². The maximum absolute atomic E-state index is 5.64. The largest absolute Gasteiger partial charge is 0.468 e. The Bertz CT molecular complexity index is 340. The Morgan fingerprint density at radius 3 is 3.11 bits per heavy atom. The molecule has 0 spiro atoms. The van der Waals surface area contributed by atoms with E-state index in [1.54, 1.807) is 6.26 Å². The number of nitrogens with zero attached hydrogens (tertiary/aromatic N) is 1. The summed E-state index contributed by atoms with van der Waals surface area (Å²) in [4.78, 5) is 2.32. The first-order chi connectivity index (χ1) is 9.29. The van der Waals surface area contributed by atoms with Crippen molar-refractivity contribution in [3.05, 3.63) is 24.2 Å². The van der Waals surface area contributed by atoms with Gasteiger partial charge in [0, 0.05) is 25.1 Å². The van der Waals surface area contributed by atoms with Gasteiger partial charge in [-0.15, -0.1) is 0 Å². The number of hydrogen-bond acceptors (Lipinski definition) is 4. The molecule has 2 unspecified atom stereocenters. The number of hydrogen-bond donors (Lipinski definition) is 1. The van der Waals surface area contributed by atoms with Crippen LogP contribution in [0.1, 0.15) is 25.5 Å². The van der Waals surface area contributed by atoms with Crippen molar-refractivity contribution in [1.29, 1.82) is 0 Å². The van der Waals surface area contributed by atoms with Gasteiger partial charge in [-0.25, -0.2) is 0 Å². The molecule has 2 rings (SSSR count). The molecule has 1 fully saturated rings. The van der Waals surface area contributed by atoms with E-state index in [-0.39, 0.29) is 0 Å². The standard InChI is InChI=1S/C15H26N2O2/c1-3-7-16-15-6-9-18-12-13(15)10-17(2)11-14-5-4-8-19-14/h4-5,8,13,15-16H,3,6-7,9-12H2,1-2H3. The molecule has 1 N–H and O–H groups in total. The van der Waals surface area contributed by atoms with Gasteiger partial charge in [0.15, 0.2) is 0 Å². The lowest BCUT2D eigenvalue weighted by atomic mass is 9.95. The topological polar surface area (TPSA) is 37.6 Å². The van der Waals surface area contributed by atoms with Gasteiger partial charge in [0.2, 0.25) is 0 Å². The highest BCUT2D eigenvalue weighted by atomic mass is 16.5. The molecule has 0 amide bonds. The third-order valence-electron chi connectivity index (χ3n) is 3.68. The normalized spacial score (nSPS) is 23.9. The van der Waals surface area contributed by atoms with Crippen LogP contribution in [0, 0.1) is 5.92 Å². The molecule has 4 nitrogen and oxygen atoms in total. The van der Waals surface area contributed by atoms with Gasteiger partial charge in [-0.05, 0) is 38.6 Å². The molecule has 1 aliphatic rings. The molecule has 1 saturated heterocycles. The Balaban J connectivity index is 1.80. The highest BCUT2D eigenvalue weighted by Crippen LogP contribution is 2.17. The number of rotatable bonds is 7. The van der Waals surface area contributed by atoms with E-state index in [0.29, 0.717) is 12.0 Å². The summed E-state index contributed by atoms with van der Waals surface area (Å²) in [7, 11) is 2.15. The number of ether oxygens (including phenoxy) is 1. The van der Waals surface area contributed by atoms with E-state index in [1.165, 1.54) is 6.42 Å². The molecule has 0 aliphatic carbocycles. The third kappa shape index (κ3) is 4.64. The Morgan fingerprint density at radius 1 is 1.47 bits per heavy atom. The van der Waals surface area contributed by atoms with Crippen LogP contribution in [0.25, 0.3) is 0 Å². The maximum Gasteiger partial charge on any atom is 0.117 e. The van der Waals surface area contributed by atoms with Gasteiger partial charge in [-0.1, -0.05) is 6.92 Å². The van der Waals surface area contributed by atoms with Gasteiger partial charge in [-0.2, -0.15) is 0 Å². The highest BCUT2D eigenvalue weighted by Gasteiger charge is 2.26. The van der Waals surface area contributed by atoms with Gasteiger partial charge in [0.25, 0.3) is 0 Å². The fourth-order valence-electron chi connectivity index (χ4n) is 2.71. The van der Waals surface area contributed by atoms with Crippen LogP contribution in [0.3, 0.4) is 0 Å². The second-order valence-electron chi connectivity index (χ2n) is 5.46. The molecule has 4 heteroatoms. The summed E-state index contributed by atoms with van der Waals surface area (Å²) in [6, 6.07) is 4.56. The molecule has 0 radical (unpaired) electrons. The molecule has 0 bridgehead atoms. The van der Waals surface area contributed by atoms with Crippen LogP contribution in [-0.4, -0.2) is 44.3 Å². The Kier molecular flexibility index (Phi) is 5.89. The monoisotopic (exact) mass is 266 g/mol. The third-order valence-corrected chi connectivity index (χ3v) is 3.68. The van der Waals surface area contributed by atoms with E-state index < -0.39 is 0 Å². The molecule has 1 aromatic heterocycles. The summed E-state index contributed by atoms with van der Waals surface area (Å²) in [6.07, 6.45) is 4.05. The zero-order valence-electron chi connectivity index (χ0n) is 12.1. The predicted molar refractivity (Wildman–Crippen MR) is 76.0 cm³/mol. The Labute approximate surface area is 116 Å². The van der Waals surface area contributed by atoms with Crippen molar-refractivity contribution in [2.24, 2.45) is 5.92 Å². The van der Waals surface area contributed by atoms with E-state index >= 15 is 0 Å². The van der Waals surface area contributed by atoms with Crippen LogP contribution >= 0.6 is 0 Å². The second-order valence-corrected chi connectivity index (χ2v) is 5.46. The van der Waals surface area contributed by atoms with Crippen molar-refractivity contribution >= 4 is 0 Å². The van der Waals surface area contributed by atoms with Gasteiger partial charge in [-0.3, -0.25) is 4.90 Å². The molecule has 1 aliphatic heterocycles. The fraction of sp³-hybridized carbons (Fsp3) is 0.733. The minimum absolute atomic E-state index is 0.570. The first-order valence-corrected chi connectivity index (χ1v) is 7.31. The number of furan rings is 1. The summed E-state index contributed by atoms with van der Waals surface area (Å²) in [5.41, 5.74) is 0. The summed E-state index contributed by atoms with van der Waals surface area (Å²) in [5.74, 6) is 1.59. The fourth-order valence-corrected chi connectivity index (χ4v) is 2.71. The Hall–Kier alpha value is -0.840. The van der Waals surface area contributed by atoms with Gasteiger partial charge in [0.05, 0.1) is 19.4 Å². The summed E-state index contributed by atoms with van der Waals surface area (Å²) in [6.45, 7) is 6.98. The number of nitrogens with one attached hydrogen (secondary N) is 1. The smallest absolute Gasteiger partial charge is 0.117 e. The molecule has 0 saturated carbocycles. The molecular weight excluding hydrogens is 240 g/mol. The highest BCUT2D eigenvalue weighted by molar-refractivity contribution is 4.97. The van der Waals surface area contributed by atoms with Gasteiger partial charge >= 0.3 is 0 Å². The van der Waals surface area contributed by atoms with Crippen molar-refractivity contribution in [3.63, 3.8) is 0 Å². The molecule has 2 heterocycles. The average molecular weight is 266 g/mol. The van der Waals surface area contributed by atoms with Crippen molar-refractivity contribution in [2.45, 2.75) is 32.4 Å². The van der Waals surface area contributed by atoms with Crippen LogP contribution in [-0.2, 0) is 11.3 Å². The van der Waals surface area contributed by atoms with Crippen LogP contribution in [0.4, 0.5) is 0 Å². The van der Waals surface area contributed by atoms with Crippen LogP contribution in [0.15, 0.2) is 22.8 Å². The van der Waals surface area contributed by atoms with Crippen LogP contribution in [0.5, 0.6) is 0 Å². The van der Waals surface area contributed by atoms with Crippen LogP contribution < -0.4 is 5.32 Å². The second kappa shape index (κ2) is 7.68. The van der Waals surface area contributed by atoms with E-state index in [1.807, 2.05) is 12.1 Å². The van der Waals surface area contributed by atoms with Crippen molar-refractivity contribution < 1.29 is 9.15 Å². The van der Waals surface area contributed by atoms with Crippen molar-refractivity contribution in [1.82, 2.24) is 10.2 Å². The van der Waals surface area contributed by atoms with E-state index in [0.717, 1.165) is 45.0 Å². The molecule has 108 valence electrons. The minimum atomic E-state index is 0.570. The molecule has 19 heavy (non-hydrogen) atoms. The molecule has 2 atom stereocenters. The summed E-state index contributed by atoms with van der Waals surface area (Å²) >= 11 is 0. The lowest BCUT2D eigenvalue weighted by molar-refractivity contribution is 0.0183.